The highest BCUT2D eigenvalue weighted by molar-refractivity contribution is 5.99. The fraction of sp³-hybridized carbons (Fsp3) is 0.400. The Morgan fingerprint density at radius 1 is 1.18 bits per heavy atom. The van der Waals surface area contributed by atoms with Gasteiger partial charge in [-0.25, -0.2) is 9.31 Å². The first-order chi connectivity index (χ1) is 16.5. The number of hydrogen-bond donors (Lipinski definition) is 1. The maximum Gasteiger partial charge on any atom is 0.322 e. The number of carbonyl (C=O) groups excluding carboxylic acids is 2. The van der Waals surface area contributed by atoms with Crippen molar-refractivity contribution in [3.63, 3.8) is 0 Å². The number of ether oxygens (including phenoxy) is 2. The Morgan fingerprint density at radius 2 is 2.03 bits per heavy atom. The van der Waals surface area contributed by atoms with Gasteiger partial charge in [-0.05, 0) is 50.8 Å². The van der Waals surface area contributed by atoms with Gasteiger partial charge in [0.1, 0.15) is 23.6 Å². The van der Waals surface area contributed by atoms with E-state index >= 15 is 0 Å². The Kier molecular flexibility index (Phi) is 4.86. The van der Waals surface area contributed by atoms with Crippen molar-refractivity contribution in [2.45, 2.75) is 45.2 Å². The van der Waals surface area contributed by atoms with Crippen LogP contribution in [-0.4, -0.2) is 58.2 Å². The van der Waals surface area contributed by atoms with Gasteiger partial charge < -0.3 is 19.7 Å². The number of fused-ring (bicyclic) bond motifs is 2. The molecule has 6 rings (SSSR count). The first-order valence-electron chi connectivity index (χ1n) is 11.8. The molecule has 0 radical (unpaired) electrons. The molecule has 1 N–H and O–H groups in total. The van der Waals surface area contributed by atoms with E-state index < -0.39 is 0 Å². The number of urea groups is 1. The molecule has 0 bridgehead atoms. The number of nitrogens with one attached hydrogen (secondary N) is 1. The summed E-state index contributed by atoms with van der Waals surface area (Å²) in [6.07, 6.45) is 6.54. The van der Waals surface area contributed by atoms with E-state index in [4.69, 9.17) is 9.47 Å². The third-order valence-electron chi connectivity index (χ3n) is 6.87. The largest absolute Gasteiger partial charge is 0.489 e. The zero-order valence-electron chi connectivity index (χ0n) is 19.3. The second-order valence-electron chi connectivity index (χ2n) is 9.25. The van der Waals surface area contributed by atoms with E-state index in [1.165, 1.54) is 0 Å². The molecule has 9 heteroatoms. The number of amides is 3. The van der Waals surface area contributed by atoms with Crippen molar-refractivity contribution >= 4 is 23.1 Å². The first-order valence-corrected chi connectivity index (χ1v) is 11.8. The van der Waals surface area contributed by atoms with E-state index in [0.29, 0.717) is 42.0 Å². The highest BCUT2D eigenvalue weighted by Gasteiger charge is 2.32. The average Bonchev–Trinajstić information content (AvgIpc) is 3.57. The van der Waals surface area contributed by atoms with Gasteiger partial charge >= 0.3 is 6.03 Å². The summed E-state index contributed by atoms with van der Waals surface area (Å²) in [5.41, 5.74) is 2.96. The van der Waals surface area contributed by atoms with Crippen LogP contribution in [-0.2, 0) is 0 Å². The molecule has 0 spiro atoms. The van der Waals surface area contributed by atoms with Crippen molar-refractivity contribution in [3.05, 3.63) is 47.8 Å². The fourth-order valence-electron chi connectivity index (χ4n) is 4.58. The monoisotopic (exact) mass is 461 g/mol. The van der Waals surface area contributed by atoms with Gasteiger partial charge in [-0.1, -0.05) is 0 Å². The van der Waals surface area contributed by atoms with Crippen LogP contribution in [0, 0.1) is 6.92 Å². The van der Waals surface area contributed by atoms with E-state index in [0.717, 1.165) is 42.6 Å². The molecule has 2 aromatic heterocycles. The average molecular weight is 462 g/mol. The second kappa shape index (κ2) is 7.93. The summed E-state index contributed by atoms with van der Waals surface area (Å²) in [5, 5.41) is 7.42. The van der Waals surface area contributed by atoms with Crippen LogP contribution in [0.1, 0.15) is 42.1 Å². The summed E-state index contributed by atoms with van der Waals surface area (Å²) in [7, 11) is 0. The molecule has 3 aromatic rings. The first kappa shape index (κ1) is 20.8. The Labute approximate surface area is 197 Å². The Hall–Kier alpha value is -3.75. The number of hydrogen-bond acceptors (Lipinski definition) is 5. The lowest BCUT2D eigenvalue weighted by Crippen LogP contribution is -2.49. The standard InChI is InChI=1S/C25H27N5O4/c1-15-8-10-28(15)24(31)19-14-30-23(16(19)2)21(7-9-26-30)34-18-5-6-20-22(13-18)33-12-11-29(20)25(32)27-17-3-4-17/h5-7,9,13-15,17H,3-4,8,10-12H2,1-2H3,(H,27,32). The van der Waals surface area contributed by atoms with Gasteiger partial charge in [0.2, 0.25) is 0 Å². The maximum absolute atomic E-state index is 13.0. The van der Waals surface area contributed by atoms with E-state index in [9.17, 15) is 9.59 Å². The van der Waals surface area contributed by atoms with Crippen LogP contribution in [0.3, 0.4) is 0 Å². The predicted octanol–water partition coefficient (Wildman–Crippen LogP) is 3.74. The molecule has 3 aliphatic rings. The van der Waals surface area contributed by atoms with Gasteiger partial charge in [0.05, 0.1) is 24.0 Å². The SMILES string of the molecule is Cc1c(C(=O)N2CCC2C)cn2nccc(Oc3ccc4c(c3)OCCN4C(=O)NC3CC3)c12. The molecule has 1 unspecified atom stereocenters. The van der Waals surface area contributed by atoms with Crippen LogP contribution in [0.2, 0.25) is 0 Å². The summed E-state index contributed by atoms with van der Waals surface area (Å²) in [5.74, 6) is 1.82. The summed E-state index contributed by atoms with van der Waals surface area (Å²) in [6.45, 7) is 5.70. The van der Waals surface area contributed by atoms with Crippen molar-refractivity contribution in [1.82, 2.24) is 19.8 Å². The molecule has 1 aromatic carbocycles. The van der Waals surface area contributed by atoms with Crippen LogP contribution in [0.4, 0.5) is 10.5 Å². The summed E-state index contributed by atoms with van der Waals surface area (Å²) < 4.78 is 13.8. The van der Waals surface area contributed by atoms with E-state index in [2.05, 4.69) is 17.3 Å². The minimum atomic E-state index is -0.0888. The predicted molar refractivity (Wildman–Crippen MR) is 126 cm³/mol. The molecule has 1 atom stereocenters. The molecular weight excluding hydrogens is 434 g/mol. The molecule has 1 saturated heterocycles. The van der Waals surface area contributed by atoms with Gasteiger partial charge in [-0.15, -0.1) is 0 Å². The fourth-order valence-corrected chi connectivity index (χ4v) is 4.58. The van der Waals surface area contributed by atoms with Gasteiger partial charge in [0.15, 0.2) is 5.75 Å². The highest BCUT2D eigenvalue weighted by atomic mass is 16.5. The molecule has 4 heterocycles. The molecule has 2 aliphatic heterocycles. The smallest absolute Gasteiger partial charge is 0.322 e. The topological polar surface area (TPSA) is 88.4 Å². The molecule has 1 saturated carbocycles. The molecule has 1 aliphatic carbocycles. The third-order valence-corrected chi connectivity index (χ3v) is 6.87. The van der Waals surface area contributed by atoms with Crippen LogP contribution in [0.15, 0.2) is 36.7 Å². The minimum Gasteiger partial charge on any atom is -0.489 e. The molecule has 3 amide bonds. The van der Waals surface area contributed by atoms with Crippen molar-refractivity contribution in [3.8, 4) is 17.2 Å². The molecule has 34 heavy (non-hydrogen) atoms. The normalized spacial score (nSPS) is 19.3. The number of aromatic nitrogens is 2. The summed E-state index contributed by atoms with van der Waals surface area (Å²) in [4.78, 5) is 29.2. The number of rotatable bonds is 4. The molecular formula is C25H27N5O4. The van der Waals surface area contributed by atoms with Crippen molar-refractivity contribution < 1.29 is 19.1 Å². The third kappa shape index (κ3) is 3.52. The lowest BCUT2D eigenvalue weighted by Gasteiger charge is -2.38. The van der Waals surface area contributed by atoms with Gasteiger partial charge in [0.25, 0.3) is 5.91 Å². The van der Waals surface area contributed by atoms with Crippen LogP contribution in [0.25, 0.3) is 5.52 Å². The summed E-state index contributed by atoms with van der Waals surface area (Å²) in [6, 6.07) is 7.73. The highest BCUT2D eigenvalue weighted by Crippen LogP contribution is 2.38. The lowest BCUT2D eigenvalue weighted by atomic mass is 10.0. The number of likely N-dealkylation sites (tertiary alicyclic amines) is 1. The van der Waals surface area contributed by atoms with Gasteiger partial charge in [0, 0.05) is 37.0 Å². The Morgan fingerprint density at radius 3 is 2.76 bits per heavy atom. The van der Waals surface area contributed by atoms with E-state index in [-0.39, 0.29) is 18.0 Å². The van der Waals surface area contributed by atoms with Crippen LogP contribution in [0.5, 0.6) is 17.2 Å². The van der Waals surface area contributed by atoms with Crippen molar-refractivity contribution in [2.24, 2.45) is 0 Å². The number of carbonyl (C=O) groups is 2. The molecule has 176 valence electrons. The van der Waals surface area contributed by atoms with Crippen molar-refractivity contribution in [2.75, 3.05) is 24.6 Å². The molecule has 9 nitrogen and oxygen atoms in total. The quantitative estimate of drug-likeness (QED) is 0.640. The summed E-state index contributed by atoms with van der Waals surface area (Å²) >= 11 is 0. The second-order valence-corrected chi connectivity index (χ2v) is 9.25. The van der Waals surface area contributed by atoms with E-state index in [1.54, 1.807) is 33.9 Å². The zero-order valence-corrected chi connectivity index (χ0v) is 19.3. The Balaban J connectivity index is 1.28. The van der Waals surface area contributed by atoms with E-state index in [1.807, 2.05) is 24.0 Å². The number of anilines is 1. The number of benzene rings is 1. The Bertz CT molecular complexity index is 1300. The number of nitrogens with zero attached hydrogens (tertiary/aromatic N) is 4. The van der Waals surface area contributed by atoms with Crippen LogP contribution < -0.4 is 19.7 Å². The minimum absolute atomic E-state index is 0.0273. The maximum atomic E-state index is 13.0. The van der Waals surface area contributed by atoms with Crippen LogP contribution >= 0.6 is 0 Å². The number of aryl methyl sites for hydroxylation is 1. The van der Waals surface area contributed by atoms with Crippen molar-refractivity contribution in [1.29, 1.82) is 0 Å². The van der Waals surface area contributed by atoms with Gasteiger partial charge in [-0.3, -0.25) is 9.69 Å². The van der Waals surface area contributed by atoms with Gasteiger partial charge in [-0.2, -0.15) is 5.10 Å². The molecule has 2 fully saturated rings. The zero-order chi connectivity index (χ0) is 23.4. The lowest BCUT2D eigenvalue weighted by molar-refractivity contribution is 0.0501.